The second-order valence-electron chi connectivity index (χ2n) is 6.88. The summed E-state index contributed by atoms with van der Waals surface area (Å²) < 4.78 is 43.9. The van der Waals surface area contributed by atoms with Gasteiger partial charge in [-0.05, 0) is 35.2 Å². The zero-order valence-electron chi connectivity index (χ0n) is 14.1. The van der Waals surface area contributed by atoms with Crippen LogP contribution in [0.2, 0.25) is 0 Å². The quantitative estimate of drug-likeness (QED) is 0.812. The molecule has 1 fully saturated rings. The number of fused-ring (bicyclic) bond motifs is 2. The van der Waals surface area contributed by atoms with E-state index >= 15 is 0 Å². The summed E-state index contributed by atoms with van der Waals surface area (Å²) in [6.07, 6.45) is -3.53. The van der Waals surface area contributed by atoms with Crippen LogP contribution in [0.25, 0.3) is 0 Å². The average molecular weight is 361 g/mol. The molecular formula is C20H18F3NO2. The number of benzene rings is 2. The highest BCUT2D eigenvalue weighted by molar-refractivity contribution is 5.79. The Morgan fingerprint density at radius 3 is 2.58 bits per heavy atom. The molecule has 0 aromatic heterocycles. The SMILES string of the molecule is O=C(Cc1ccc(C(F)(F)F)cc1)N1CCC2(C1)OCc1ccccc12. The van der Waals surface area contributed by atoms with Crippen molar-refractivity contribution in [1.82, 2.24) is 4.90 Å². The molecule has 1 saturated heterocycles. The van der Waals surface area contributed by atoms with Crippen molar-refractivity contribution in [2.24, 2.45) is 0 Å². The van der Waals surface area contributed by atoms with Crippen molar-refractivity contribution in [3.05, 3.63) is 70.8 Å². The molecule has 1 spiro atoms. The molecule has 1 atom stereocenters. The lowest BCUT2D eigenvalue weighted by atomic mass is 9.92. The van der Waals surface area contributed by atoms with Crippen LogP contribution in [0.15, 0.2) is 48.5 Å². The van der Waals surface area contributed by atoms with Crippen molar-refractivity contribution in [2.45, 2.75) is 31.2 Å². The van der Waals surface area contributed by atoms with Crippen LogP contribution in [0.5, 0.6) is 0 Å². The first-order valence-corrected chi connectivity index (χ1v) is 8.54. The summed E-state index contributed by atoms with van der Waals surface area (Å²) in [5, 5.41) is 0. The number of halogens is 3. The van der Waals surface area contributed by atoms with E-state index in [-0.39, 0.29) is 12.3 Å². The van der Waals surface area contributed by atoms with Gasteiger partial charge in [0.2, 0.25) is 5.91 Å². The summed E-state index contributed by atoms with van der Waals surface area (Å²) in [5.41, 5.74) is 1.74. The summed E-state index contributed by atoms with van der Waals surface area (Å²) in [6, 6.07) is 12.8. The van der Waals surface area contributed by atoms with Crippen LogP contribution in [-0.4, -0.2) is 23.9 Å². The van der Waals surface area contributed by atoms with Gasteiger partial charge in [0.25, 0.3) is 0 Å². The summed E-state index contributed by atoms with van der Waals surface area (Å²) >= 11 is 0. The summed E-state index contributed by atoms with van der Waals surface area (Å²) in [4.78, 5) is 14.3. The number of hydrogen-bond acceptors (Lipinski definition) is 2. The van der Waals surface area contributed by atoms with Gasteiger partial charge in [-0.1, -0.05) is 36.4 Å². The molecule has 136 valence electrons. The van der Waals surface area contributed by atoms with Crippen molar-refractivity contribution in [3.63, 3.8) is 0 Å². The fourth-order valence-corrected chi connectivity index (χ4v) is 3.81. The first-order valence-electron chi connectivity index (χ1n) is 8.54. The summed E-state index contributed by atoms with van der Waals surface area (Å²) in [6.45, 7) is 1.63. The zero-order valence-corrected chi connectivity index (χ0v) is 14.1. The van der Waals surface area contributed by atoms with Crippen molar-refractivity contribution in [2.75, 3.05) is 13.1 Å². The van der Waals surface area contributed by atoms with Crippen LogP contribution in [-0.2, 0) is 34.3 Å². The highest BCUT2D eigenvalue weighted by Crippen LogP contribution is 2.43. The Balaban J connectivity index is 1.44. The van der Waals surface area contributed by atoms with Crippen molar-refractivity contribution in [1.29, 1.82) is 0 Å². The number of nitrogens with zero attached hydrogens (tertiary/aromatic N) is 1. The Morgan fingerprint density at radius 1 is 1.12 bits per heavy atom. The molecule has 2 aliphatic rings. The number of amides is 1. The number of likely N-dealkylation sites (tertiary alicyclic amines) is 1. The largest absolute Gasteiger partial charge is 0.416 e. The smallest absolute Gasteiger partial charge is 0.364 e. The van der Waals surface area contributed by atoms with E-state index in [2.05, 4.69) is 0 Å². The lowest BCUT2D eigenvalue weighted by molar-refractivity contribution is -0.137. The first kappa shape index (κ1) is 17.1. The fourth-order valence-electron chi connectivity index (χ4n) is 3.81. The molecule has 2 aromatic rings. The second kappa shape index (κ2) is 6.13. The Labute approximate surface area is 149 Å². The van der Waals surface area contributed by atoms with E-state index < -0.39 is 17.3 Å². The number of ether oxygens (including phenoxy) is 1. The van der Waals surface area contributed by atoms with Crippen LogP contribution in [0.4, 0.5) is 13.2 Å². The average Bonchev–Trinajstić information content (AvgIpc) is 3.21. The van der Waals surface area contributed by atoms with Gasteiger partial charge >= 0.3 is 6.18 Å². The minimum absolute atomic E-state index is 0.0883. The normalized spacial score (nSPS) is 22.0. The van der Waals surface area contributed by atoms with Crippen molar-refractivity contribution < 1.29 is 22.7 Å². The molecule has 1 unspecified atom stereocenters. The maximum atomic E-state index is 12.6. The number of carbonyl (C=O) groups excluding carboxylic acids is 1. The molecule has 0 N–H and O–H groups in total. The van der Waals surface area contributed by atoms with Crippen LogP contribution in [0, 0.1) is 0 Å². The van der Waals surface area contributed by atoms with Crippen LogP contribution in [0.3, 0.4) is 0 Å². The van der Waals surface area contributed by atoms with Gasteiger partial charge in [-0.3, -0.25) is 4.79 Å². The predicted octanol–water partition coefficient (Wildman–Crippen LogP) is 3.91. The molecule has 3 nitrogen and oxygen atoms in total. The van der Waals surface area contributed by atoms with Gasteiger partial charge in [-0.2, -0.15) is 13.2 Å². The number of carbonyl (C=O) groups is 1. The molecule has 2 aromatic carbocycles. The van der Waals surface area contributed by atoms with Gasteiger partial charge < -0.3 is 9.64 Å². The molecule has 2 aliphatic heterocycles. The van der Waals surface area contributed by atoms with E-state index in [1.165, 1.54) is 12.1 Å². The van der Waals surface area contributed by atoms with Crippen molar-refractivity contribution in [3.8, 4) is 0 Å². The monoisotopic (exact) mass is 361 g/mol. The number of hydrogen-bond donors (Lipinski definition) is 0. The van der Waals surface area contributed by atoms with Gasteiger partial charge in [-0.25, -0.2) is 0 Å². The highest BCUT2D eigenvalue weighted by Gasteiger charge is 2.46. The fraction of sp³-hybridized carbons (Fsp3) is 0.350. The third-order valence-corrected chi connectivity index (χ3v) is 5.23. The molecule has 1 amide bonds. The highest BCUT2D eigenvalue weighted by atomic mass is 19.4. The third-order valence-electron chi connectivity index (χ3n) is 5.23. The van der Waals surface area contributed by atoms with Crippen LogP contribution < -0.4 is 0 Å². The molecule has 26 heavy (non-hydrogen) atoms. The minimum Gasteiger partial charge on any atom is -0.364 e. The van der Waals surface area contributed by atoms with Crippen LogP contribution in [0.1, 0.15) is 28.7 Å². The summed E-state index contributed by atoms with van der Waals surface area (Å²) in [5.74, 6) is -0.0883. The maximum absolute atomic E-state index is 12.6. The van der Waals surface area contributed by atoms with E-state index in [9.17, 15) is 18.0 Å². The van der Waals surface area contributed by atoms with Gasteiger partial charge in [0, 0.05) is 6.54 Å². The van der Waals surface area contributed by atoms with Gasteiger partial charge in [0.15, 0.2) is 0 Å². The lowest BCUT2D eigenvalue weighted by Gasteiger charge is -2.25. The Morgan fingerprint density at radius 2 is 1.85 bits per heavy atom. The second-order valence-corrected chi connectivity index (χ2v) is 6.88. The molecule has 0 aliphatic carbocycles. The molecular weight excluding hydrogens is 343 g/mol. The van der Waals surface area contributed by atoms with E-state index in [1.54, 1.807) is 4.90 Å². The third kappa shape index (κ3) is 2.98. The molecule has 2 heterocycles. The molecule has 0 saturated carbocycles. The van der Waals surface area contributed by atoms with Gasteiger partial charge in [0.05, 0.1) is 25.1 Å². The molecule has 6 heteroatoms. The first-order chi connectivity index (χ1) is 12.4. The molecule has 4 rings (SSSR count). The Kier molecular flexibility index (Phi) is 4.03. The number of alkyl halides is 3. The summed E-state index contributed by atoms with van der Waals surface area (Å²) in [7, 11) is 0. The molecule has 0 radical (unpaired) electrons. The van der Waals surface area contributed by atoms with E-state index in [4.69, 9.17) is 4.74 Å². The maximum Gasteiger partial charge on any atom is 0.416 e. The van der Waals surface area contributed by atoms with E-state index in [0.717, 1.165) is 29.7 Å². The van der Waals surface area contributed by atoms with Crippen LogP contribution >= 0.6 is 0 Å². The van der Waals surface area contributed by atoms with E-state index in [1.807, 2.05) is 24.3 Å². The number of rotatable bonds is 2. The van der Waals surface area contributed by atoms with Gasteiger partial charge in [0.1, 0.15) is 5.60 Å². The zero-order chi connectivity index (χ0) is 18.4. The Bertz CT molecular complexity index is 832. The minimum atomic E-state index is -4.36. The van der Waals surface area contributed by atoms with E-state index in [0.29, 0.717) is 25.3 Å². The van der Waals surface area contributed by atoms with Crippen molar-refractivity contribution >= 4 is 5.91 Å². The van der Waals surface area contributed by atoms with Gasteiger partial charge in [-0.15, -0.1) is 0 Å². The lowest BCUT2D eigenvalue weighted by Crippen LogP contribution is -2.35. The molecule has 0 bridgehead atoms. The Hall–Kier alpha value is -2.34. The topological polar surface area (TPSA) is 29.5 Å². The predicted molar refractivity (Wildman–Crippen MR) is 89.3 cm³/mol. The standard InChI is InChI=1S/C20H18F3NO2/c21-20(22,23)16-7-5-14(6-8-16)11-18(25)24-10-9-19(13-24)17-4-2-1-3-15(17)12-26-19/h1-8H,9-13H2.